The summed E-state index contributed by atoms with van der Waals surface area (Å²) in [6, 6.07) is 4.36. The van der Waals surface area contributed by atoms with Gasteiger partial charge in [0, 0.05) is 0 Å². The Balaban J connectivity index is 0.000001000. The molecule has 1 aromatic carbocycles. The average molecular weight is 228 g/mol. The first-order valence-electron chi connectivity index (χ1n) is 3.41. The Labute approximate surface area is 83.0 Å². The molecule has 2 heteroatoms. The maximum Gasteiger partial charge on any atom is -0.147 e. The zero-order valence-electron chi connectivity index (χ0n) is 7.06. The third-order valence-electron chi connectivity index (χ3n) is 2.06. The van der Waals surface area contributed by atoms with Crippen LogP contribution in [0.4, 0.5) is 0 Å². The van der Waals surface area contributed by atoms with Crippen molar-refractivity contribution in [2.75, 3.05) is 0 Å². The molecule has 0 amide bonds. The van der Waals surface area contributed by atoms with E-state index in [4.69, 9.17) is 0 Å². The van der Waals surface area contributed by atoms with E-state index in [9.17, 15) is 0 Å². The molecule has 0 aliphatic rings. The fourth-order valence-electron chi connectivity index (χ4n) is 0.956. The van der Waals surface area contributed by atoms with Gasteiger partial charge in [0.1, 0.15) is 0 Å². The molecule has 0 saturated heterocycles. The standard InChI is InChI=1S/C9H11Ge.ClH/c1-6-4-5-9(10)8(3)7(6)2;/h4-5H,1-3H3;1H. The van der Waals surface area contributed by atoms with Crippen molar-refractivity contribution in [2.24, 2.45) is 0 Å². The van der Waals surface area contributed by atoms with E-state index in [0.29, 0.717) is 0 Å². The molecule has 3 radical (unpaired) electrons. The van der Waals surface area contributed by atoms with Crippen molar-refractivity contribution < 1.29 is 0 Å². The molecule has 0 atom stereocenters. The van der Waals surface area contributed by atoms with Gasteiger partial charge in [0.15, 0.2) is 0 Å². The molecule has 0 heterocycles. The van der Waals surface area contributed by atoms with E-state index in [1.165, 1.54) is 21.1 Å². The number of rotatable bonds is 0. The Kier molecular flexibility index (Phi) is 4.19. The van der Waals surface area contributed by atoms with Gasteiger partial charge >= 0.3 is 70.5 Å². The Morgan fingerprint density at radius 1 is 1.00 bits per heavy atom. The normalized spacial score (nSPS) is 9.09. The molecule has 0 unspecified atom stereocenters. The van der Waals surface area contributed by atoms with Crippen LogP contribution in [-0.2, 0) is 0 Å². The monoisotopic (exact) mass is 229 g/mol. The van der Waals surface area contributed by atoms with E-state index < -0.39 is 0 Å². The maximum atomic E-state index is 2.18. The number of benzene rings is 1. The molecule has 11 heavy (non-hydrogen) atoms. The largest absolute Gasteiger partial charge is 0.147 e. The van der Waals surface area contributed by atoms with Gasteiger partial charge in [0.2, 0.25) is 0 Å². The van der Waals surface area contributed by atoms with Gasteiger partial charge < -0.3 is 0 Å². The predicted molar refractivity (Wildman–Crippen MR) is 53.3 cm³/mol. The first kappa shape index (κ1) is 11.1. The van der Waals surface area contributed by atoms with Crippen LogP contribution in [-0.4, -0.2) is 16.5 Å². The van der Waals surface area contributed by atoms with Crippen molar-refractivity contribution in [1.82, 2.24) is 0 Å². The molecule has 0 spiro atoms. The molecular weight excluding hydrogens is 216 g/mol. The van der Waals surface area contributed by atoms with Crippen LogP contribution in [0.15, 0.2) is 12.1 Å². The molecule has 0 fully saturated rings. The average Bonchev–Trinajstić information content (AvgIpc) is 1.93. The number of hydrogen-bond donors (Lipinski definition) is 0. The van der Waals surface area contributed by atoms with E-state index >= 15 is 0 Å². The maximum absolute atomic E-state index is 2.18. The van der Waals surface area contributed by atoms with Crippen LogP contribution in [0.5, 0.6) is 0 Å². The van der Waals surface area contributed by atoms with E-state index in [2.05, 4.69) is 49.4 Å². The first-order chi connectivity index (χ1) is 4.63. The molecule has 0 aliphatic heterocycles. The molecule has 1 aromatic rings. The zero-order chi connectivity index (χ0) is 7.72. The van der Waals surface area contributed by atoms with Gasteiger partial charge in [-0.05, 0) is 0 Å². The minimum absolute atomic E-state index is 0. The van der Waals surface area contributed by atoms with Crippen LogP contribution >= 0.6 is 12.4 Å². The van der Waals surface area contributed by atoms with Gasteiger partial charge in [0.05, 0.1) is 0 Å². The summed E-state index contributed by atoms with van der Waals surface area (Å²) in [5.41, 5.74) is 4.25. The van der Waals surface area contributed by atoms with Crippen LogP contribution in [0.3, 0.4) is 0 Å². The van der Waals surface area contributed by atoms with Gasteiger partial charge in [-0.1, -0.05) is 0 Å². The Morgan fingerprint density at radius 2 is 1.55 bits per heavy atom. The molecule has 59 valence electrons. The third kappa shape index (κ3) is 2.24. The van der Waals surface area contributed by atoms with Gasteiger partial charge in [-0.2, -0.15) is 0 Å². The van der Waals surface area contributed by atoms with E-state index in [1.807, 2.05) is 0 Å². The fraction of sp³-hybridized carbons (Fsp3) is 0.333. The number of aryl methyl sites for hydroxylation is 1. The predicted octanol–water partition coefficient (Wildman–Crippen LogP) is 1.83. The summed E-state index contributed by atoms with van der Waals surface area (Å²) >= 11 is 2.15. The quantitative estimate of drug-likeness (QED) is 0.594. The zero-order valence-corrected chi connectivity index (χ0v) is 9.98. The second kappa shape index (κ2) is 4.17. The molecular formula is C9H12ClGe. The Morgan fingerprint density at radius 3 is 2.00 bits per heavy atom. The fourth-order valence-corrected chi connectivity index (χ4v) is 1.52. The number of halogens is 1. The summed E-state index contributed by atoms with van der Waals surface area (Å²) in [5.74, 6) is 0. The summed E-state index contributed by atoms with van der Waals surface area (Å²) in [7, 11) is 0. The molecule has 1 rings (SSSR count). The Bertz CT molecular complexity index is 229. The second-order valence-electron chi connectivity index (χ2n) is 2.68. The van der Waals surface area contributed by atoms with Crippen LogP contribution in [0.1, 0.15) is 16.7 Å². The van der Waals surface area contributed by atoms with E-state index in [1.54, 1.807) is 0 Å². The molecule has 0 aromatic heterocycles. The first-order valence-corrected chi connectivity index (χ1v) is 4.46. The molecule has 0 bridgehead atoms. The summed E-state index contributed by atoms with van der Waals surface area (Å²) in [6.07, 6.45) is 0. The van der Waals surface area contributed by atoms with Gasteiger partial charge in [-0.3, -0.25) is 0 Å². The van der Waals surface area contributed by atoms with Crippen molar-refractivity contribution in [1.29, 1.82) is 0 Å². The third-order valence-corrected chi connectivity index (χ3v) is 3.19. The number of hydrogen-bond acceptors (Lipinski definition) is 0. The minimum atomic E-state index is 0. The molecule has 0 nitrogen and oxygen atoms in total. The van der Waals surface area contributed by atoms with Gasteiger partial charge in [-0.25, -0.2) is 0 Å². The minimum Gasteiger partial charge on any atom is -0.147 e. The van der Waals surface area contributed by atoms with Crippen LogP contribution < -0.4 is 4.40 Å². The van der Waals surface area contributed by atoms with Crippen LogP contribution in [0, 0.1) is 20.8 Å². The van der Waals surface area contributed by atoms with Crippen molar-refractivity contribution in [2.45, 2.75) is 20.8 Å². The molecule has 0 aliphatic carbocycles. The van der Waals surface area contributed by atoms with Crippen molar-refractivity contribution in [3.8, 4) is 0 Å². The van der Waals surface area contributed by atoms with E-state index in [0.717, 1.165) is 0 Å². The Hall–Kier alpha value is 0.0529. The van der Waals surface area contributed by atoms with Gasteiger partial charge in [-0.15, -0.1) is 12.4 Å². The summed E-state index contributed by atoms with van der Waals surface area (Å²) in [4.78, 5) is 0. The summed E-state index contributed by atoms with van der Waals surface area (Å²) in [5, 5.41) is 0. The second-order valence-corrected chi connectivity index (χ2v) is 3.81. The summed E-state index contributed by atoms with van der Waals surface area (Å²) in [6.45, 7) is 6.51. The topological polar surface area (TPSA) is 0 Å². The van der Waals surface area contributed by atoms with Crippen LogP contribution in [0.2, 0.25) is 0 Å². The molecule has 0 N–H and O–H groups in total. The van der Waals surface area contributed by atoms with Crippen molar-refractivity contribution in [3.63, 3.8) is 0 Å². The van der Waals surface area contributed by atoms with E-state index in [-0.39, 0.29) is 12.4 Å². The van der Waals surface area contributed by atoms with Crippen molar-refractivity contribution >= 4 is 33.3 Å². The van der Waals surface area contributed by atoms with Crippen molar-refractivity contribution in [3.05, 3.63) is 28.8 Å². The smallest absolute Gasteiger partial charge is 0.147 e. The summed E-state index contributed by atoms with van der Waals surface area (Å²) < 4.78 is 1.39. The molecule has 0 saturated carbocycles. The van der Waals surface area contributed by atoms with Gasteiger partial charge in [0.25, 0.3) is 0 Å². The van der Waals surface area contributed by atoms with Crippen LogP contribution in [0.25, 0.3) is 0 Å². The SMILES string of the molecule is Cc1cc[c]([Ge])c(C)c1C.Cl.